The van der Waals surface area contributed by atoms with Crippen molar-refractivity contribution in [2.45, 2.75) is 38.3 Å². The largest absolute Gasteiger partial charge is 0.486 e. The molecule has 2 aromatic heterocycles. The number of aromatic nitrogens is 3. The van der Waals surface area contributed by atoms with Crippen molar-refractivity contribution in [3.05, 3.63) is 53.1 Å². The molecule has 2 aliphatic rings. The van der Waals surface area contributed by atoms with Crippen molar-refractivity contribution < 1.29 is 13.9 Å². The highest BCUT2D eigenvalue weighted by Gasteiger charge is 2.37. The zero-order chi connectivity index (χ0) is 19.5. The van der Waals surface area contributed by atoms with E-state index in [1.807, 2.05) is 13.8 Å². The highest BCUT2D eigenvalue weighted by atomic mass is 19.1. The fourth-order valence-corrected chi connectivity index (χ4v) is 4.02. The van der Waals surface area contributed by atoms with E-state index in [1.165, 1.54) is 18.3 Å². The third kappa shape index (κ3) is 2.67. The van der Waals surface area contributed by atoms with Gasteiger partial charge in [0.15, 0.2) is 5.65 Å². The lowest BCUT2D eigenvalue weighted by Crippen LogP contribution is -2.36. The van der Waals surface area contributed by atoms with Gasteiger partial charge in [0.05, 0.1) is 12.2 Å². The van der Waals surface area contributed by atoms with E-state index in [4.69, 9.17) is 4.74 Å². The van der Waals surface area contributed by atoms with Crippen molar-refractivity contribution in [3.63, 3.8) is 0 Å². The minimum absolute atomic E-state index is 0.226. The number of hydrogen-bond donors (Lipinski definition) is 2. The number of ether oxygens (including phenoxy) is 1. The molecule has 1 aromatic carbocycles. The van der Waals surface area contributed by atoms with E-state index >= 15 is 0 Å². The second kappa shape index (κ2) is 5.92. The van der Waals surface area contributed by atoms with E-state index in [9.17, 15) is 9.18 Å². The van der Waals surface area contributed by atoms with Gasteiger partial charge in [0, 0.05) is 36.7 Å². The van der Waals surface area contributed by atoms with Gasteiger partial charge in [-0.3, -0.25) is 4.79 Å². The molecule has 3 aromatic rings. The predicted octanol–water partition coefficient (Wildman–Crippen LogP) is 2.87. The van der Waals surface area contributed by atoms with Gasteiger partial charge < -0.3 is 15.4 Å². The molecule has 0 spiro atoms. The highest BCUT2D eigenvalue weighted by molar-refractivity contribution is 5.99. The van der Waals surface area contributed by atoms with Crippen molar-refractivity contribution in [1.29, 1.82) is 0 Å². The highest BCUT2D eigenvalue weighted by Crippen LogP contribution is 2.42. The predicted molar refractivity (Wildman–Crippen MR) is 101 cm³/mol. The monoisotopic (exact) mass is 381 g/mol. The zero-order valence-corrected chi connectivity index (χ0v) is 15.6. The number of halogens is 1. The summed E-state index contributed by atoms with van der Waals surface area (Å²) in [7, 11) is 0. The molecule has 4 heterocycles. The van der Waals surface area contributed by atoms with Gasteiger partial charge in [0.1, 0.15) is 28.5 Å². The molecule has 7 nitrogen and oxygen atoms in total. The van der Waals surface area contributed by atoms with Crippen LogP contribution in [0, 0.1) is 5.82 Å². The molecule has 2 N–H and O–H groups in total. The van der Waals surface area contributed by atoms with Crippen LogP contribution >= 0.6 is 0 Å². The van der Waals surface area contributed by atoms with Crippen molar-refractivity contribution in [2.75, 3.05) is 11.9 Å². The normalized spacial score (nSPS) is 23.8. The smallest absolute Gasteiger partial charge is 0.256 e. The molecule has 2 atom stereocenters. The van der Waals surface area contributed by atoms with Crippen molar-refractivity contribution in [3.8, 4) is 5.75 Å². The minimum Gasteiger partial charge on any atom is -0.486 e. The molecule has 5 rings (SSSR count). The van der Waals surface area contributed by atoms with Crippen LogP contribution < -0.4 is 15.4 Å². The first kappa shape index (κ1) is 17.0. The molecule has 1 amide bonds. The summed E-state index contributed by atoms with van der Waals surface area (Å²) in [6.07, 6.45) is 4.46. The third-order valence-corrected chi connectivity index (χ3v) is 5.46. The lowest BCUT2D eigenvalue weighted by Gasteiger charge is -2.25. The maximum Gasteiger partial charge on any atom is 0.256 e. The van der Waals surface area contributed by atoms with Crippen LogP contribution in [-0.4, -0.2) is 32.7 Å². The molecule has 0 unspecified atom stereocenters. The first-order valence-corrected chi connectivity index (χ1v) is 9.32. The van der Waals surface area contributed by atoms with E-state index in [-0.39, 0.29) is 17.8 Å². The molecule has 0 saturated carbocycles. The molecular weight excluding hydrogens is 361 g/mol. The number of hydrogen-bond acceptors (Lipinski definition) is 5. The van der Waals surface area contributed by atoms with Gasteiger partial charge in [-0.05, 0) is 32.0 Å². The summed E-state index contributed by atoms with van der Waals surface area (Å²) in [4.78, 5) is 17.2. The number of nitrogens with one attached hydrogen (secondary N) is 2. The Morgan fingerprint density at radius 2 is 2.25 bits per heavy atom. The molecule has 4 bridgehead atoms. The van der Waals surface area contributed by atoms with Crippen molar-refractivity contribution >= 4 is 17.4 Å². The zero-order valence-electron chi connectivity index (χ0n) is 15.6. The SMILES string of the molecule is C[C@H]1Nc2ccn3ncc(c3n2)C(=O)NCC[C@]2(C)Cc3cc(F)cc1c3O2. The Kier molecular flexibility index (Phi) is 3.59. The van der Waals surface area contributed by atoms with E-state index in [0.29, 0.717) is 36.4 Å². The first-order chi connectivity index (χ1) is 13.4. The molecule has 28 heavy (non-hydrogen) atoms. The third-order valence-electron chi connectivity index (χ3n) is 5.46. The standard InChI is InChI=1S/C20H20FN5O2/c1-11-14-8-13(21)7-12-9-20(2,28-17(12)14)4-5-22-19(27)15-10-23-26-6-3-16(24-11)25-18(15)26/h3,6-8,10-11H,4-5,9H2,1-2H3,(H,22,27)(H,24,25)/t11-,20-/m1/s1. The van der Waals surface area contributed by atoms with Crippen LogP contribution in [0.4, 0.5) is 10.2 Å². The Bertz CT molecular complexity index is 1110. The molecule has 0 saturated heterocycles. The van der Waals surface area contributed by atoms with Gasteiger partial charge in [0.2, 0.25) is 0 Å². The second-order valence-corrected chi connectivity index (χ2v) is 7.72. The van der Waals surface area contributed by atoms with Crippen molar-refractivity contribution in [1.82, 2.24) is 19.9 Å². The summed E-state index contributed by atoms with van der Waals surface area (Å²) in [5.41, 5.74) is 2.00. The quantitative estimate of drug-likeness (QED) is 0.626. The van der Waals surface area contributed by atoms with E-state index in [1.54, 1.807) is 16.8 Å². The van der Waals surface area contributed by atoms with E-state index in [2.05, 4.69) is 20.7 Å². The summed E-state index contributed by atoms with van der Waals surface area (Å²) in [6.45, 7) is 4.37. The molecule has 0 aliphatic carbocycles. The molecule has 8 heteroatoms. The lowest BCUT2D eigenvalue weighted by molar-refractivity contribution is 0.0895. The maximum atomic E-state index is 14.3. The summed E-state index contributed by atoms with van der Waals surface area (Å²) < 4.78 is 22.1. The van der Waals surface area contributed by atoms with Crippen LogP contribution in [0.3, 0.4) is 0 Å². The minimum atomic E-state index is -0.497. The summed E-state index contributed by atoms with van der Waals surface area (Å²) >= 11 is 0. The van der Waals surface area contributed by atoms with Crippen molar-refractivity contribution in [2.24, 2.45) is 0 Å². The number of nitrogens with zero attached hydrogens (tertiary/aromatic N) is 3. The Labute approximate surface area is 160 Å². The maximum absolute atomic E-state index is 14.3. The summed E-state index contributed by atoms with van der Waals surface area (Å²) in [5, 5.41) is 10.4. The van der Waals surface area contributed by atoms with E-state index < -0.39 is 5.60 Å². The van der Waals surface area contributed by atoms with E-state index in [0.717, 1.165) is 16.9 Å². The van der Waals surface area contributed by atoms with Crippen LogP contribution in [-0.2, 0) is 6.42 Å². The van der Waals surface area contributed by atoms with Crippen LogP contribution in [0.1, 0.15) is 47.8 Å². The molecule has 0 fully saturated rings. The Balaban J connectivity index is 1.64. The van der Waals surface area contributed by atoms with Crippen LogP contribution in [0.15, 0.2) is 30.6 Å². The van der Waals surface area contributed by atoms with Crippen LogP contribution in [0.25, 0.3) is 5.65 Å². The number of benzene rings is 1. The molecule has 2 aliphatic heterocycles. The molecule has 144 valence electrons. The Morgan fingerprint density at radius 3 is 3.11 bits per heavy atom. The van der Waals surface area contributed by atoms with Gasteiger partial charge in [-0.25, -0.2) is 13.9 Å². The van der Waals surface area contributed by atoms with Gasteiger partial charge in [-0.1, -0.05) is 0 Å². The summed E-state index contributed by atoms with van der Waals surface area (Å²) in [5.74, 6) is 0.786. The van der Waals surface area contributed by atoms with Gasteiger partial charge in [-0.2, -0.15) is 5.10 Å². The first-order valence-electron chi connectivity index (χ1n) is 9.32. The number of amides is 1. The fourth-order valence-electron chi connectivity index (χ4n) is 4.02. The Hall–Kier alpha value is -3.16. The van der Waals surface area contributed by atoms with Gasteiger partial charge >= 0.3 is 0 Å². The van der Waals surface area contributed by atoms with Gasteiger partial charge in [-0.15, -0.1) is 0 Å². The van der Waals surface area contributed by atoms with Crippen LogP contribution in [0.5, 0.6) is 5.75 Å². The number of fused-ring (bicyclic) bond motifs is 2. The Morgan fingerprint density at radius 1 is 1.39 bits per heavy atom. The molecule has 0 radical (unpaired) electrons. The second-order valence-electron chi connectivity index (χ2n) is 7.72. The fraction of sp³-hybridized carbons (Fsp3) is 0.350. The average molecular weight is 381 g/mol. The van der Waals surface area contributed by atoms with Gasteiger partial charge in [0.25, 0.3) is 5.91 Å². The van der Waals surface area contributed by atoms with Crippen LogP contribution in [0.2, 0.25) is 0 Å². The summed E-state index contributed by atoms with van der Waals surface area (Å²) in [6, 6.07) is 4.59. The number of carbonyl (C=O) groups excluding carboxylic acids is 1. The number of anilines is 1. The molecular formula is C20H20FN5O2. The number of rotatable bonds is 0. The number of carbonyl (C=O) groups is 1. The lowest BCUT2D eigenvalue weighted by atomic mass is 9.94. The topological polar surface area (TPSA) is 80.5 Å². The average Bonchev–Trinajstić information content (AvgIpc) is 3.20.